The number of rotatable bonds is 4. The van der Waals surface area contributed by atoms with Gasteiger partial charge >= 0.3 is 0 Å². The van der Waals surface area contributed by atoms with Gasteiger partial charge < -0.3 is 9.53 Å². The minimum atomic E-state index is 0.547. The van der Waals surface area contributed by atoms with Crippen molar-refractivity contribution in [1.29, 1.82) is 0 Å². The van der Waals surface area contributed by atoms with Crippen molar-refractivity contribution in [2.45, 2.75) is 12.8 Å². The van der Waals surface area contributed by atoms with Gasteiger partial charge in [0, 0.05) is 24.1 Å². The van der Waals surface area contributed by atoms with Gasteiger partial charge in [0.15, 0.2) is 0 Å². The number of pyridine rings is 1. The van der Waals surface area contributed by atoms with Crippen molar-refractivity contribution in [2.75, 3.05) is 7.11 Å². The van der Waals surface area contributed by atoms with Crippen molar-refractivity contribution < 1.29 is 9.53 Å². The van der Waals surface area contributed by atoms with Gasteiger partial charge in [0.05, 0.1) is 12.6 Å². The molecule has 0 bridgehead atoms. The molecule has 0 saturated carbocycles. The SMILES string of the molecule is COc1ccc2c(CCC=O)ccnc2c1. The quantitative estimate of drug-likeness (QED) is 0.735. The van der Waals surface area contributed by atoms with Crippen LogP contribution in [0.4, 0.5) is 0 Å². The molecule has 0 amide bonds. The van der Waals surface area contributed by atoms with Crippen molar-refractivity contribution in [3.05, 3.63) is 36.0 Å². The molecule has 0 spiro atoms. The number of aldehydes is 1. The highest BCUT2D eigenvalue weighted by Crippen LogP contribution is 2.22. The van der Waals surface area contributed by atoms with E-state index in [0.717, 1.165) is 34.9 Å². The monoisotopic (exact) mass is 215 g/mol. The first kappa shape index (κ1) is 10.6. The largest absolute Gasteiger partial charge is 0.497 e. The van der Waals surface area contributed by atoms with Gasteiger partial charge in [-0.25, -0.2) is 0 Å². The number of hydrogen-bond donors (Lipinski definition) is 0. The first-order valence-corrected chi connectivity index (χ1v) is 5.20. The Kier molecular flexibility index (Phi) is 3.15. The number of aromatic nitrogens is 1. The van der Waals surface area contributed by atoms with Gasteiger partial charge in [-0.05, 0) is 30.2 Å². The van der Waals surface area contributed by atoms with E-state index in [2.05, 4.69) is 4.98 Å². The zero-order valence-corrected chi connectivity index (χ0v) is 9.14. The summed E-state index contributed by atoms with van der Waals surface area (Å²) in [5.74, 6) is 0.799. The average Bonchev–Trinajstić information content (AvgIpc) is 2.35. The molecule has 16 heavy (non-hydrogen) atoms. The first-order valence-electron chi connectivity index (χ1n) is 5.20. The van der Waals surface area contributed by atoms with Crippen LogP contribution in [0.1, 0.15) is 12.0 Å². The van der Waals surface area contributed by atoms with Crippen LogP contribution >= 0.6 is 0 Å². The molecule has 0 fully saturated rings. The van der Waals surface area contributed by atoms with E-state index in [1.807, 2.05) is 24.3 Å². The molecule has 0 atom stereocenters. The second kappa shape index (κ2) is 4.75. The third-order valence-electron chi connectivity index (χ3n) is 2.57. The fraction of sp³-hybridized carbons (Fsp3) is 0.231. The lowest BCUT2D eigenvalue weighted by atomic mass is 10.1. The Hall–Kier alpha value is -1.90. The zero-order valence-electron chi connectivity index (χ0n) is 9.14. The van der Waals surface area contributed by atoms with Crippen LogP contribution < -0.4 is 4.74 Å². The summed E-state index contributed by atoms with van der Waals surface area (Å²) in [5.41, 5.74) is 2.06. The van der Waals surface area contributed by atoms with Crippen molar-refractivity contribution in [3.8, 4) is 5.75 Å². The van der Waals surface area contributed by atoms with E-state index in [1.54, 1.807) is 13.3 Å². The molecule has 0 unspecified atom stereocenters. The number of ether oxygens (including phenoxy) is 1. The predicted molar refractivity (Wildman–Crippen MR) is 62.7 cm³/mol. The smallest absolute Gasteiger partial charge is 0.121 e. The molecule has 0 aliphatic carbocycles. The van der Waals surface area contributed by atoms with Crippen LogP contribution in [0.3, 0.4) is 0 Å². The van der Waals surface area contributed by atoms with E-state index in [0.29, 0.717) is 6.42 Å². The minimum absolute atomic E-state index is 0.547. The number of methoxy groups -OCH3 is 1. The van der Waals surface area contributed by atoms with Gasteiger partial charge in [0.2, 0.25) is 0 Å². The highest BCUT2D eigenvalue weighted by molar-refractivity contribution is 5.83. The maximum atomic E-state index is 10.4. The Labute approximate surface area is 94.1 Å². The normalized spacial score (nSPS) is 10.3. The molecule has 2 aromatic rings. The first-order chi connectivity index (χ1) is 7.85. The van der Waals surface area contributed by atoms with Gasteiger partial charge in [-0.2, -0.15) is 0 Å². The summed E-state index contributed by atoms with van der Waals surface area (Å²) in [6, 6.07) is 7.76. The molecule has 0 aliphatic heterocycles. The fourth-order valence-corrected chi connectivity index (χ4v) is 1.75. The van der Waals surface area contributed by atoms with Gasteiger partial charge in [-0.1, -0.05) is 0 Å². The summed E-state index contributed by atoms with van der Waals surface area (Å²) in [7, 11) is 1.64. The highest BCUT2D eigenvalue weighted by atomic mass is 16.5. The van der Waals surface area contributed by atoms with E-state index in [9.17, 15) is 4.79 Å². The number of nitrogens with zero attached hydrogens (tertiary/aromatic N) is 1. The van der Waals surface area contributed by atoms with E-state index in [-0.39, 0.29) is 0 Å². The van der Waals surface area contributed by atoms with Crippen LogP contribution in [-0.4, -0.2) is 18.4 Å². The number of fused-ring (bicyclic) bond motifs is 1. The number of benzene rings is 1. The minimum Gasteiger partial charge on any atom is -0.497 e. The molecule has 0 aliphatic rings. The molecule has 3 heteroatoms. The standard InChI is InChI=1S/C13H13NO2/c1-16-11-4-5-12-10(3-2-8-15)6-7-14-13(12)9-11/h4-9H,2-3H2,1H3. The maximum absolute atomic E-state index is 10.4. The number of carbonyl (C=O) groups is 1. The third-order valence-corrected chi connectivity index (χ3v) is 2.57. The Balaban J connectivity index is 2.47. The summed E-state index contributed by atoms with van der Waals surface area (Å²) in [5, 5.41) is 1.09. The lowest BCUT2D eigenvalue weighted by Gasteiger charge is -2.05. The van der Waals surface area contributed by atoms with E-state index in [1.165, 1.54) is 0 Å². The van der Waals surface area contributed by atoms with Crippen molar-refractivity contribution in [3.63, 3.8) is 0 Å². The molecule has 0 N–H and O–H groups in total. The van der Waals surface area contributed by atoms with Gasteiger partial charge in [-0.3, -0.25) is 4.98 Å². The molecule has 2 rings (SSSR count). The van der Waals surface area contributed by atoms with Crippen LogP contribution in [0.5, 0.6) is 5.75 Å². The third kappa shape index (κ3) is 2.03. The van der Waals surface area contributed by atoms with Crippen LogP contribution in [0.25, 0.3) is 10.9 Å². The van der Waals surface area contributed by atoms with Crippen molar-refractivity contribution in [2.24, 2.45) is 0 Å². The lowest BCUT2D eigenvalue weighted by Crippen LogP contribution is -1.91. The number of hydrogen-bond acceptors (Lipinski definition) is 3. The summed E-state index contributed by atoms with van der Waals surface area (Å²) in [6.07, 6.45) is 4.01. The van der Waals surface area contributed by atoms with Gasteiger partial charge in [-0.15, -0.1) is 0 Å². The second-order valence-electron chi connectivity index (χ2n) is 3.56. The molecule has 3 nitrogen and oxygen atoms in total. The van der Waals surface area contributed by atoms with Crippen LogP contribution in [0.2, 0.25) is 0 Å². The van der Waals surface area contributed by atoms with Crippen molar-refractivity contribution >= 4 is 17.2 Å². The highest BCUT2D eigenvalue weighted by Gasteiger charge is 2.02. The van der Waals surface area contributed by atoms with Gasteiger partial charge in [0.1, 0.15) is 12.0 Å². The summed E-state index contributed by atoms with van der Waals surface area (Å²) in [4.78, 5) is 14.7. The molecule has 1 aromatic heterocycles. The number of carbonyl (C=O) groups excluding carboxylic acids is 1. The predicted octanol–water partition coefficient (Wildman–Crippen LogP) is 2.37. The Morgan fingerprint density at radius 3 is 3.00 bits per heavy atom. The van der Waals surface area contributed by atoms with E-state index >= 15 is 0 Å². The van der Waals surface area contributed by atoms with E-state index < -0.39 is 0 Å². The van der Waals surface area contributed by atoms with Crippen LogP contribution in [-0.2, 0) is 11.2 Å². The molecule has 1 heterocycles. The van der Waals surface area contributed by atoms with Gasteiger partial charge in [0.25, 0.3) is 0 Å². The number of aryl methyl sites for hydroxylation is 1. The van der Waals surface area contributed by atoms with E-state index in [4.69, 9.17) is 4.74 Å². The summed E-state index contributed by atoms with van der Waals surface area (Å²) >= 11 is 0. The zero-order chi connectivity index (χ0) is 11.4. The molecule has 1 aromatic carbocycles. The molecule has 82 valence electrons. The fourth-order valence-electron chi connectivity index (χ4n) is 1.75. The molecular formula is C13H13NO2. The summed E-state index contributed by atoms with van der Waals surface area (Å²) < 4.78 is 5.15. The Bertz CT molecular complexity index is 508. The topological polar surface area (TPSA) is 39.2 Å². The lowest BCUT2D eigenvalue weighted by molar-refractivity contribution is -0.107. The Morgan fingerprint density at radius 2 is 2.25 bits per heavy atom. The maximum Gasteiger partial charge on any atom is 0.121 e. The van der Waals surface area contributed by atoms with Crippen LogP contribution in [0, 0.1) is 0 Å². The molecule has 0 saturated heterocycles. The average molecular weight is 215 g/mol. The molecular weight excluding hydrogens is 202 g/mol. The second-order valence-corrected chi connectivity index (χ2v) is 3.56. The van der Waals surface area contributed by atoms with Crippen LogP contribution in [0.15, 0.2) is 30.5 Å². The Morgan fingerprint density at radius 1 is 1.38 bits per heavy atom. The van der Waals surface area contributed by atoms with Crippen molar-refractivity contribution in [1.82, 2.24) is 4.98 Å². The molecule has 0 radical (unpaired) electrons. The summed E-state index contributed by atoms with van der Waals surface area (Å²) in [6.45, 7) is 0.